The zero-order valence-corrected chi connectivity index (χ0v) is 12.2. The predicted octanol–water partition coefficient (Wildman–Crippen LogP) is 2.58. The largest absolute Gasteiger partial charge is 0.339 e. The van der Waals surface area contributed by atoms with Gasteiger partial charge in [0.2, 0.25) is 0 Å². The molecule has 0 saturated carbocycles. The lowest BCUT2D eigenvalue weighted by atomic mass is 9.98. The fourth-order valence-electron chi connectivity index (χ4n) is 2.56. The third kappa shape index (κ3) is 2.39. The molecule has 1 aliphatic heterocycles. The minimum Gasteiger partial charge on any atom is -0.339 e. The van der Waals surface area contributed by atoms with E-state index < -0.39 is 0 Å². The maximum atomic E-state index is 12.5. The van der Waals surface area contributed by atoms with Gasteiger partial charge in [-0.25, -0.2) is 4.52 Å². The Labute approximate surface area is 120 Å². The van der Waals surface area contributed by atoms with Crippen molar-refractivity contribution in [3.05, 3.63) is 36.2 Å². The second kappa shape index (κ2) is 5.33. The van der Waals surface area contributed by atoms with Crippen molar-refractivity contribution in [3.8, 4) is 0 Å². The van der Waals surface area contributed by atoms with E-state index in [1.54, 1.807) is 10.7 Å². The van der Waals surface area contributed by atoms with Crippen molar-refractivity contribution in [3.63, 3.8) is 0 Å². The first-order valence-corrected chi connectivity index (χ1v) is 7.69. The third-order valence-corrected chi connectivity index (χ3v) is 4.69. The molecule has 3 heterocycles. The molecule has 19 heavy (non-hydrogen) atoms. The van der Waals surface area contributed by atoms with Crippen LogP contribution >= 0.6 is 15.9 Å². The Morgan fingerprint density at radius 2 is 2.16 bits per heavy atom. The summed E-state index contributed by atoms with van der Waals surface area (Å²) >= 11 is 3.52. The van der Waals surface area contributed by atoms with Crippen LogP contribution in [0.15, 0.2) is 30.6 Å². The van der Waals surface area contributed by atoms with Gasteiger partial charge in [-0.15, -0.1) is 0 Å². The van der Waals surface area contributed by atoms with Crippen molar-refractivity contribution in [2.45, 2.75) is 12.8 Å². The summed E-state index contributed by atoms with van der Waals surface area (Å²) in [5.74, 6) is 0.808. The van der Waals surface area contributed by atoms with E-state index in [1.165, 1.54) is 0 Å². The molecule has 1 amide bonds. The van der Waals surface area contributed by atoms with Crippen LogP contribution in [0, 0.1) is 5.92 Å². The summed E-state index contributed by atoms with van der Waals surface area (Å²) in [7, 11) is 0. The van der Waals surface area contributed by atoms with Gasteiger partial charge in [0.15, 0.2) is 0 Å². The molecule has 0 aromatic carbocycles. The first-order valence-electron chi connectivity index (χ1n) is 6.57. The van der Waals surface area contributed by atoms with Crippen molar-refractivity contribution in [1.82, 2.24) is 14.5 Å². The van der Waals surface area contributed by atoms with E-state index in [1.807, 2.05) is 29.3 Å². The summed E-state index contributed by atoms with van der Waals surface area (Å²) in [6.45, 7) is 1.69. The van der Waals surface area contributed by atoms with Gasteiger partial charge in [-0.3, -0.25) is 4.79 Å². The molecule has 4 nitrogen and oxygen atoms in total. The van der Waals surface area contributed by atoms with E-state index in [9.17, 15) is 4.79 Å². The molecule has 1 saturated heterocycles. The Hall–Kier alpha value is -1.36. The Balaban J connectivity index is 1.81. The highest BCUT2D eigenvalue weighted by atomic mass is 79.9. The summed E-state index contributed by atoms with van der Waals surface area (Å²) < 4.78 is 1.75. The van der Waals surface area contributed by atoms with Crippen molar-refractivity contribution < 1.29 is 4.79 Å². The molecule has 0 radical (unpaired) electrons. The van der Waals surface area contributed by atoms with Gasteiger partial charge in [-0.2, -0.15) is 5.10 Å². The van der Waals surface area contributed by atoms with E-state index >= 15 is 0 Å². The molecular formula is C14H16BrN3O. The van der Waals surface area contributed by atoms with Gasteiger partial charge in [-0.1, -0.05) is 22.0 Å². The molecule has 0 atom stereocenters. The number of amides is 1. The van der Waals surface area contributed by atoms with E-state index in [4.69, 9.17) is 0 Å². The number of pyridine rings is 1. The van der Waals surface area contributed by atoms with Crippen LogP contribution in [0.1, 0.15) is 23.2 Å². The zero-order chi connectivity index (χ0) is 13.2. The molecule has 2 aromatic heterocycles. The summed E-state index contributed by atoms with van der Waals surface area (Å²) in [5.41, 5.74) is 1.59. The van der Waals surface area contributed by atoms with Gasteiger partial charge in [0, 0.05) is 24.6 Å². The number of carbonyl (C=O) groups is 1. The van der Waals surface area contributed by atoms with Crippen LogP contribution in [0.25, 0.3) is 5.52 Å². The molecule has 0 spiro atoms. The number of alkyl halides is 1. The normalized spacial score (nSPS) is 17.0. The molecule has 3 rings (SSSR count). The lowest BCUT2D eigenvalue weighted by Gasteiger charge is -2.31. The maximum absolute atomic E-state index is 12.5. The average Bonchev–Trinajstić information content (AvgIpc) is 2.90. The Bertz CT molecular complexity index is 587. The number of halogens is 1. The fraction of sp³-hybridized carbons (Fsp3) is 0.429. The van der Waals surface area contributed by atoms with Crippen molar-refractivity contribution in [1.29, 1.82) is 0 Å². The average molecular weight is 322 g/mol. The van der Waals surface area contributed by atoms with E-state index in [2.05, 4.69) is 21.0 Å². The van der Waals surface area contributed by atoms with Crippen LogP contribution in [-0.2, 0) is 0 Å². The van der Waals surface area contributed by atoms with Crippen molar-refractivity contribution >= 4 is 27.4 Å². The van der Waals surface area contributed by atoms with Crippen LogP contribution in [0.4, 0.5) is 0 Å². The highest BCUT2D eigenvalue weighted by Gasteiger charge is 2.24. The van der Waals surface area contributed by atoms with Crippen LogP contribution in [-0.4, -0.2) is 38.8 Å². The number of hydrogen-bond donors (Lipinski definition) is 0. The molecule has 0 unspecified atom stereocenters. The molecule has 100 valence electrons. The fourth-order valence-corrected chi connectivity index (χ4v) is 3.21. The quantitative estimate of drug-likeness (QED) is 0.797. The molecule has 2 aromatic rings. The van der Waals surface area contributed by atoms with Crippen LogP contribution in [0.5, 0.6) is 0 Å². The summed E-state index contributed by atoms with van der Waals surface area (Å²) in [6.07, 6.45) is 5.70. The van der Waals surface area contributed by atoms with E-state index in [0.717, 1.165) is 36.8 Å². The molecule has 5 heteroatoms. The summed E-state index contributed by atoms with van der Waals surface area (Å²) in [6, 6.07) is 5.78. The Kier molecular flexibility index (Phi) is 3.55. The predicted molar refractivity (Wildman–Crippen MR) is 77.6 cm³/mol. The number of carbonyl (C=O) groups excluding carboxylic acids is 1. The number of rotatable bonds is 2. The van der Waals surface area contributed by atoms with Gasteiger partial charge in [0.25, 0.3) is 5.91 Å². The SMILES string of the molecule is O=C(c1cnn2ccccc12)N1CCC(CBr)CC1. The van der Waals surface area contributed by atoms with Crippen LogP contribution in [0.2, 0.25) is 0 Å². The lowest BCUT2D eigenvalue weighted by Crippen LogP contribution is -2.38. The smallest absolute Gasteiger partial charge is 0.257 e. The van der Waals surface area contributed by atoms with Gasteiger partial charge < -0.3 is 4.90 Å². The number of fused-ring (bicyclic) bond motifs is 1. The molecular weight excluding hydrogens is 306 g/mol. The third-order valence-electron chi connectivity index (χ3n) is 3.78. The first kappa shape index (κ1) is 12.7. The number of aromatic nitrogens is 2. The molecule has 1 fully saturated rings. The maximum Gasteiger partial charge on any atom is 0.257 e. The highest BCUT2D eigenvalue weighted by Crippen LogP contribution is 2.21. The van der Waals surface area contributed by atoms with Gasteiger partial charge >= 0.3 is 0 Å². The Morgan fingerprint density at radius 1 is 1.37 bits per heavy atom. The first-order chi connectivity index (χ1) is 9.29. The van der Waals surface area contributed by atoms with Crippen LogP contribution in [0.3, 0.4) is 0 Å². The Morgan fingerprint density at radius 3 is 2.89 bits per heavy atom. The molecule has 1 aliphatic rings. The molecule has 0 bridgehead atoms. The van der Waals surface area contributed by atoms with E-state index in [-0.39, 0.29) is 5.91 Å². The molecule has 0 N–H and O–H groups in total. The highest BCUT2D eigenvalue weighted by molar-refractivity contribution is 9.09. The van der Waals surface area contributed by atoms with Gasteiger partial charge in [0.1, 0.15) is 0 Å². The monoisotopic (exact) mass is 321 g/mol. The topological polar surface area (TPSA) is 37.6 Å². The van der Waals surface area contributed by atoms with Gasteiger partial charge in [-0.05, 0) is 30.9 Å². The minimum absolute atomic E-state index is 0.106. The standard InChI is InChI=1S/C14H16BrN3O/c15-9-11-4-7-17(8-5-11)14(19)12-10-16-18-6-2-1-3-13(12)18/h1-3,6,10-11H,4-5,7-9H2. The minimum atomic E-state index is 0.106. The summed E-state index contributed by atoms with van der Waals surface area (Å²) in [4.78, 5) is 14.5. The molecule has 0 aliphatic carbocycles. The second-order valence-corrected chi connectivity index (χ2v) is 5.63. The zero-order valence-electron chi connectivity index (χ0n) is 10.6. The number of piperidine rings is 1. The summed E-state index contributed by atoms with van der Waals surface area (Å²) in [5, 5.41) is 5.26. The van der Waals surface area contributed by atoms with Crippen molar-refractivity contribution in [2.24, 2.45) is 5.92 Å². The van der Waals surface area contributed by atoms with E-state index in [0.29, 0.717) is 11.5 Å². The van der Waals surface area contributed by atoms with Crippen molar-refractivity contribution in [2.75, 3.05) is 18.4 Å². The number of hydrogen-bond acceptors (Lipinski definition) is 2. The number of likely N-dealkylation sites (tertiary alicyclic amines) is 1. The van der Waals surface area contributed by atoms with Gasteiger partial charge in [0.05, 0.1) is 17.3 Å². The van der Waals surface area contributed by atoms with Crippen LogP contribution < -0.4 is 0 Å². The lowest BCUT2D eigenvalue weighted by molar-refractivity contribution is 0.0701. The number of nitrogens with zero attached hydrogens (tertiary/aromatic N) is 3. The second-order valence-electron chi connectivity index (χ2n) is 4.98.